The quantitative estimate of drug-likeness (QED) is 0.643. The summed E-state index contributed by atoms with van der Waals surface area (Å²) in [5.41, 5.74) is 1.60. The van der Waals surface area contributed by atoms with Crippen LogP contribution in [0.1, 0.15) is 17.3 Å². The minimum Gasteiger partial charge on any atom is -0.305 e. The number of halogens is 1. The zero-order valence-corrected chi connectivity index (χ0v) is 10.9. The van der Waals surface area contributed by atoms with E-state index in [-0.39, 0.29) is 12.2 Å². The van der Waals surface area contributed by atoms with E-state index in [9.17, 15) is 19.3 Å². The molecule has 0 fully saturated rings. The number of amides is 1. The molecule has 1 heterocycles. The number of nitro groups is 1. The van der Waals surface area contributed by atoms with Crippen LogP contribution in [-0.4, -0.2) is 10.8 Å². The van der Waals surface area contributed by atoms with Crippen molar-refractivity contribution in [1.29, 1.82) is 0 Å². The molecule has 2 aromatic rings. The Balaban J connectivity index is 1.88. The van der Waals surface area contributed by atoms with Gasteiger partial charge in [-0.25, -0.2) is 4.39 Å². The molecule has 2 aromatic carbocycles. The van der Waals surface area contributed by atoms with Crippen LogP contribution < -0.4 is 4.90 Å². The lowest BCUT2D eigenvalue weighted by molar-refractivity contribution is -0.384. The summed E-state index contributed by atoms with van der Waals surface area (Å²) in [6.07, 6.45) is -1.64. The molecule has 6 heteroatoms. The summed E-state index contributed by atoms with van der Waals surface area (Å²) in [5, 5.41) is 10.6. The molecule has 1 amide bonds. The fraction of sp³-hybridized carbons (Fsp3) is 0.133. The van der Waals surface area contributed by atoms with E-state index in [1.54, 1.807) is 36.4 Å². The highest BCUT2D eigenvalue weighted by Gasteiger charge is 2.36. The Morgan fingerprint density at radius 3 is 2.48 bits per heavy atom. The molecule has 1 atom stereocenters. The molecule has 0 saturated heterocycles. The van der Waals surface area contributed by atoms with Crippen LogP contribution in [0.3, 0.4) is 0 Å². The third-order valence-corrected chi connectivity index (χ3v) is 3.47. The summed E-state index contributed by atoms with van der Waals surface area (Å²) >= 11 is 0. The van der Waals surface area contributed by atoms with E-state index in [0.29, 0.717) is 16.8 Å². The monoisotopic (exact) mass is 286 g/mol. The molecule has 0 bridgehead atoms. The highest BCUT2D eigenvalue weighted by Crippen LogP contribution is 2.38. The normalized spacial score (nSPS) is 16.9. The van der Waals surface area contributed by atoms with E-state index < -0.39 is 17.0 Å². The molecular formula is C15H11FN2O3. The first-order chi connectivity index (χ1) is 10.1. The Hall–Kier alpha value is -2.76. The van der Waals surface area contributed by atoms with Gasteiger partial charge in [-0.1, -0.05) is 30.3 Å². The van der Waals surface area contributed by atoms with Crippen LogP contribution in [-0.2, 0) is 11.3 Å². The van der Waals surface area contributed by atoms with Gasteiger partial charge in [0.2, 0.25) is 6.17 Å². The van der Waals surface area contributed by atoms with E-state index >= 15 is 0 Å². The predicted molar refractivity (Wildman–Crippen MR) is 74.6 cm³/mol. The van der Waals surface area contributed by atoms with Gasteiger partial charge in [-0.2, -0.15) is 0 Å². The summed E-state index contributed by atoms with van der Waals surface area (Å²) in [4.78, 5) is 23.5. The molecule has 0 aliphatic carbocycles. The molecule has 21 heavy (non-hydrogen) atoms. The smallest absolute Gasteiger partial charge is 0.269 e. The van der Waals surface area contributed by atoms with E-state index in [1.807, 2.05) is 0 Å². The van der Waals surface area contributed by atoms with E-state index in [2.05, 4.69) is 0 Å². The minimum absolute atomic E-state index is 0.0183. The second-order valence-electron chi connectivity index (χ2n) is 4.77. The van der Waals surface area contributed by atoms with Gasteiger partial charge < -0.3 is 4.90 Å². The number of non-ortho nitro benzene ring substituents is 1. The minimum atomic E-state index is -1.64. The number of para-hydroxylation sites is 1. The van der Waals surface area contributed by atoms with Crippen molar-refractivity contribution in [1.82, 2.24) is 0 Å². The fourth-order valence-corrected chi connectivity index (χ4v) is 2.40. The molecule has 0 saturated carbocycles. The third-order valence-electron chi connectivity index (χ3n) is 3.47. The SMILES string of the molecule is O=C1C(F)c2ccccc2N1Cc1ccc([N+](=O)[O-])cc1. The molecular weight excluding hydrogens is 275 g/mol. The second kappa shape index (κ2) is 4.97. The molecule has 106 valence electrons. The number of nitrogens with zero attached hydrogens (tertiary/aromatic N) is 2. The van der Waals surface area contributed by atoms with Crippen molar-refractivity contribution in [3.05, 3.63) is 69.8 Å². The second-order valence-corrected chi connectivity index (χ2v) is 4.77. The zero-order valence-electron chi connectivity index (χ0n) is 10.9. The van der Waals surface area contributed by atoms with Gasteiger partial charge in [-0.15, -0.1) is 0 Å². The molecule has 3 rings (SSSR count). The maximum absolute atomic E-state index is 14.0. The average molecular weight is 286 g/mol. The Morgan fingerprint density at radius 1 is 1.14 bits per heavy atom. The number of hydrogen-bond acceptors (Lipinski definition) is 3. The predicted octanol–water partition coefficient (Wildman–Crippen LogP) is 3.15. The number of rotatable bonds is 3. The largest absolute Gasteiger partial charge is 0.305 e. The van der Waals surface area contributed by atoms with Gasteiger partial charge in [0.15, 0.2) is 0 Å². The molecule has 0 N–H and O–H groups in total. The topological polar surface area (TPSA) is 63.5 Å². The maximum atomic E-state index is 14.0. The Labute approximate surface area is 119 Å². The van der Waals surface area contributed by atoms with Crippen molar-refractivity contribution in [2.45, 2.75) is 12.7 Å². The average Bonchev–Trinajstić information content (AvgIpc) is 2.73. The number of benzene rings is 2. The van der Waals surface area contributed by atoms with Gasteiger partial charge in [0.05, 0.1) is 17.2 Å². The number of fused-ring (bicyclic) bond motifs is 1. The number of nitro benzene ring substituents is 1. The zero-order chi connectivity index (χ0) is 15.0. The first kappa shape index (κ1) is 13.2. The molecule has 1 unspecified atom stereocenters. The standard InChI is InChI=1S/C15H11FN2O3/c16-14-12-3-1-2-4-13(12)17(15(14)19)9-10-5-7-11(8-6-10)18(20)21/h1-8,14H,9H2. The van der Waals surface area contributed by atoms with Crippen LogP contribution in [0.4, 0.5) is 15.8 Å². The molecule has 1 aliphatic rings. The first-order valence-electron chi connectivity index (χ1n) is 6.35. The van der Waals surface area contributed by atoms with Crippen molar-refractivity contribution in [3.63, 3.8) is 0 Å². The molecule has 1 aliphatic heterocycles. The van der Waals surface area contributed by atoms with Crippen molar-refractivity contribution < 1.29 is 14.1 Å². The van der Waals surface area contributed by atoms with Crippen LogP contribution >= 0.6 is 0 Å². The molecule has 0 aromatic heterocycles. The highest BCUT2D eigenvalue weighted by atomic mass is 19.1. The van der Waals surface area contributed by atoms with Crippen molar-refractivity contribution in [3.8, 4) is 0 Å². The maximum Gasteiger partial charge on any atom is 0.269 e. The van der Waals surface area contributed by atoms with Crippen LogP contribution in [0.5, 0.6) is 0 Å². The summed E-state index contributed by atoms with van der Waals surface area (Å²) in [7, 11) is 0. The van der Waals surface area contributed by atoms with Crippen LogP contribution in [0.15, 0.2) is 48.5 Å². The van der Waals surface area contributed by atoms with Gasteiger partial charge in [-0.3, -0.25) is 14.9 Å². The van der Waals surface area contributed by atoms with Crippen LogP contribution in [0, 0.1) is 10.1 Å². The third kappa shape index (κ3) is 2.24. The van der Waals surface area contributed by atoms with Gasteiger partial charge in [0.1, 0.15) is 0 Å². The van der Waals surface area contributed by atoms with E-state index in [4.69, 9.17) is 0 Å². The highest BCUT2D eigenvalue weighted by molar-refractivity contribution is 6.03. The van der Waals surface area contributed by atoms with Crippen molar-refractivity contribution in [2.75, 3.05) is 4.90 Å². The summed E-state index contributed by atoms with van der Waals surface area (Å²) < 4.78 is 14.0. The molecule has 0 radical (unpaired) electrons. The lowest BCUT2D eigenvalue weighted by atomic mass is 10.1. The number of anilines is 1. The summed E-state index contributed by atoms with van der Waals surface area (Å²) in [6, 6.07) is 12.6. The van der Waals surface area contributed by atoms with Crippen LogP contribution in [0.25, 0.3) is 0 Å². The van der Waals surface area contributed by atoms with Crippen molar-refractivity contribution in [2.24, 2.45) is 0 Å². The lowest BCUT2D eigenvalue weighted by Gasteiger charge is -2.17. The van der Waals surface area contributed by atoms with Crippen LogP contribution in [0.2, 0.25) is 0 Å². The number of carbonyl (C=O) groups excluding carboxylic acids is 1. The van der Waals surface area contributed by atoms with Gasteiger partial charge in [-0.05, 0) is 11.6 Å². The first-order valence-corrected chi connectivity index (χ1v) is 6.35. The summed E-state index contributed by atoms with van der Waals surface area (Å²) in [5.74, 6) is -0.602. The number of hydrogen-bond donors (Lipinski definition) is 0. The van der Waals surface area contributed by atoms with E-state index in [1.165, 1.54) is 17.0 Å². The van der Waals surface area contributed by atoms with Gasteiger partial charge in [0.25, 0.3) is 11.6 Å². The lowest BCUT2D eigenvalue weighted by Crippen LogP contribution is -2.27. The molecule has 0 spiro atoms. The van der Waals surface area contributed by atoms with Gasteiger partial charge in [0, 0.05) is 17.7 Å². The number of alkyl halides is 1. The summed E-state index contributed by atoms with van der Waals surface area (Å²) in [6.45, 7) is 0.189. The molecule has 5 nitrogen and oxygen atoms in total. The Bertz CT molecular complexity index is 715. The Kier molecular flexibility index (Phi) is 3.13. The van der Waals surface area contributed by atoms with E-state index in [0.717, 1.165) is 0 Å². The number of carbonyl (C=O) groups is 1. The van der Waals surface area contributed by atoms with Gasteiger partial charge >= 0.3 is 0 Å². The fourth-order valence-electron chi connectivity index (χ4n) is 2.40. The Morgan fingerprint density at radius 2 is 1.81 bits per heavy atom. The van der Waals surface area contributed by atoms with Crippen molar-refractivity contribution >= 4 is 17.3 Å².